The molecule has 5 nitrogen and oxygen atoms in total. The molecule has 0 saturated carbocycles. The third kappa shape index (κ3) is 5.69. The van der Waals surface area contributed by atoms with E-state index in [-0.39, 0.29) is 32.8 Å². The number of nitrogens with zero attached hydrogens (tertiary/aromatic N) is 1. The predicted molar refractivity (Wildman–Crippen MR) is 97.8 cm³/mol. The molecule has 2 aromatic rings. The number of esters is 1. The average molecular weight is 406 g/mol. The van der Waals surface area contributed by atoms with E-state index in [1.807, 2.05) is 49.4 Å². The van der Waals surface area contributed by atoms with Gasteiger partial charge in [-0.05, 0) is 0 Å². The second-order valence-corrected chi connectivity index (χ2v) is 8.30. The Morgan fingerprint density at radius 2 is 1.80 bits per heavy atom. The van der Waals surface area contributed by atoms with Gasteiger partial charge in [0.2, 0.25) is 0 Å². The van der Waals surface area contributed by atoms with Crippen LogP contribution in [0, 0.1) is 17.0 Å². The molecule has 0 aliphatic rings. The van der Waals surface area contributed by atoms with Gasteiger partial charge >= 0.3 is 153 Å². The van der Waals surface area contributed by atoms with E-state index in [1.165, 1.54) is 5.56 Å². The van der Waals surface area contributed by atoms with E-state index in [1.54, 1.807) is 6.92 Å². The van der Waals surface area contributed by atoms with Crippen LogP contribution in [0.4, 0.5) is 0 Å². The summed E-state index contributed by atoms with van der Waals surface area (Å²) in [5.74, 6) is -0.756. The third-order valence-electron chi connectivity index (χ3n) is 3.72. The molecular weight excluding hydrogens is 385 g/mol. The van der Waals surface area contributed by atoms with Crippen molar-refractivity contribution in [2.75, 3.05) is 6.61 Å². The summed E-state index contributed by atoms with van der Waals surface area (Å²) in [6.07, 6.45) is 0.143. The molecule has 2 rings (SSSR count). The Kier molecular flexibility index (Phi) is 7.16. The molecule has 2 atom stereocenters. The molecule has 0 radical (unpaired) electrons. The number of hydrogen-bond donors (Lipinski definition) is 0. The summed E-state index contributed by atoms with van der Waals surface area (Å²) in [6, 6.07) is 16.5. The molecule has 6 heteroatoms. The van der Waals surface area contributed by atoms with Crippen molar-refractivity contribution in [3.63, 3.8) is 0 Å². The summed E-state index contributed by atoms with van der Waals surface area (Å²) in [4.78, 5) is 22.8. The van der Waals surface area contributed by atoms with Crippen LogP contribution in [0.2, 0.25) is 0 Å². The zero-order chi connectivity index (χ0) is 18.2. The summed E-state index contributed by atoms with van der Waals surface area (Å²) < 4.78 is 6.05. The number of benzene rings is 2. The normalized spacial score (nSPS) is 13.0. The summed E-state index contributed by atoms with van der Waals surface area (Å²) in [6.45, 7) is 3.82. The summed E-state index contributed by atoms with van der Waals surface area (Å²) in [5, 5.41) is 11.4. The first-order valence-electron chi connectivity index (χ1n) is 8.09. The van der Waals surface area contributed by atoms with E-state index in [4.69, 9.17) is 4.74 Å². The van der Waals surface area contributed by atoms with Crippen LogP contribution in [-0.4, -0.2) is 38.5 Å². The number of nitro groups is 1. The SMILES string of the molecule is CCOC(=O)C(CC([Se]c1ccc(C)cc1)c1ccccc1)[N+](=O)[O-]. The van der Waals surface area contributed by atoms with Gasteiger partial charge < -0.3 is 0 Å². The third-order valence-corrected chi connectivity index (χ3v) is 6.43. The molecule has 25 heavy (non-hydrogen) atoms. The molecule has 0 N–H and O–H groups in total. The summed E-state index contributed by atoms with van der Waals surface area (Å²) in [5.41, 5.74) is 2.18. The monoisotopic (exact) mass is 407 g/mol. The van der Waals surface area contributed by atoms with Crippen LogP contribution in [-0.2, 0) is 9.53 Å². The van der Waals surface area contributed by atoms with Crippen molar-refractivity contribution in [2.45, 2.75) is 31.1 Å². The van der Waals surface area contributed by atoms with Crippen molar-refractivity contribution >= 4 is 25.4 Å². The zero-order valence-corrected chi connectivity index (χ0v) is 16.0. The van der Waals surface area contributed by atoms with Crippen LogP contribution in [0.25, 0.3) is 0 Å². The van der Waals surface area contributed by atoms with Gasteiger partial charge in [-0.25, -0.2) is 0 Å². The fraction of sp³-hybridized carbons (Fsp3) is 0.316. The zero-order valence-electron chi connectivity index (χ0n) is 14.3. The van der Waals surface area contributed by atoms with Crippen molar-refractivity contribution < 1.29 is 14.5 Å². The van der Waals surface area contributed by atoms with Crippen molar-refractivity contribution in [3.8, 4) is 0 Å². The first kappa shape index (κ1) is 19.2. The van der Waals surface area contributed by atoms with E-state index in [0.717, 1.165) is 10.0 Å². The molecule has 0 saturated heterocycles. The molecule has 2 aromatic carbocycles. The van der Waals surface area contributed by atoms with Crippen molar-refractivity contribution in [1.29, 1.82) is 0 Å². The molecule has 0 amide bonds. The van der Waals surface area contributed by atoms with Gasteiger partial charge in [-0.15, -0.1) is 0 Å². The Balaban J connectivity index is 2.25. The van der Waals surface area contributed by atoms with Gasteiger partial charge in [0, 0.05) is 0 Å². The second-order valence-electron chi connectivity index (χ2n) is 5.62. The Bertz CT molecular complexity index is 703. The maximum atomic E-state index is 12.0. The quantitative estimate of drug-likeness (QED) is 0.293. The topological polar surface area (TPSA) is 69.4 Å². The number of aryl methyl sites for hydroxylation is 1. The van der Waals surface area contributed by atoms with Gasteiger partial charge in [0.1, 0.15) is 0 Å². The number of hydrogen-bond acceptors (Lipinski definition) is 4. The molecular formula is C19H21NO4Se. The minimum absolute atomic E-state index is 0.0319. The number of carbonyl (C=O) groups is 1. The molecule has 0 heterocycles. The molecule has 2 unspecified atom stereocenters. The van der Waals surface area contributed by atoms with Crippen LogP contribution < -0.4 is 4.46 Å². The van der Waals surface area contributed by atoms with E-state index >= 15 is 0 Å². The number of carbonyl (C=O) groups excluding carboxylic acids is 1. The van der Waals surface area contributed by atoms with Gasteiger partial charge in [-0.3, -0.25) is 0 Å². The van der Waals surface area contributed by atoms with Gasteiger partial charge in [0.15, 0.2) is 0 Å². The van der Waals surface area contributed by atoms with Crippen molar-refractivity contribution in [2.24, 2.45) is 0 Å². The van der Waals surface area contributed by atoms with Crippen LogP contribution in [0.15, 0.2) is 54.6 Å². The summed E-state index contributed by atoms with van der Waals surface area (Å²) >= 11 is -0.0319. The number of ether oxygens (including phenoxy) is 1. The van der Waals surface area contributed by atoms with Crippen LogP contribution in [0.1, 0.15) is 29.3 Å². The van der Waals surface area contributed by atoms with Crippen LogP contribution in [0.5, 0.6) is 0 Å². The van der Waals surface area contributed by atoms with Crippen LogP contribution in [0.3, 0.4) is 0 Å². The van der Waals surface area contributed by atoms with E-state index < -0.39 is 16.9 Å². The Labute approximate surface area is 153 Å². The number of rotatable bonds is 8. The fourth-order valence-corrected chi connectivity index (χ4v) is 4.91. The fourth-order valence-electron chi connectivity index (χ4n) is 2.41. The standard InChI is InChI=1S/C19H21NO4Se/c1-3-24-19(21)17(20(22)23)13-18(15-7-5-4-6-8-15)25-16-11-9-14(2)10-12-16/h4-12,17-18H,3,13H2,1-2H3. The molecule has 0 aliphatic carbocycles. The van der Waals surface area contributed by atoms with Crippen molar-refractivity contribution in [3.05, 3.63) is 75.8 Å². The molecule has 132 valence electrons. The molecule has 0 bridgehead atoms. The Morgan fingerprint density at radius 1 is 1.16 bits per heavy atom. The molecule has 0 spiro atoms. The van der Waals surface area contributed by atoms with Gasteiger partial charge in [-0.2, -0.15) is 0 Å². The molecule has 0 aromatic heterocycles. The van der Waals surface area contributed by atoms with Crippen LogP contribution >= 0.6 is 0 Å². The second kappa shape index (κ2) is 9.35. The van der Waals surface area contributed by atoms with E-state index in [9.17, 15) is 14.9 Å². The summed E-state index contributed by atoms with van der Waals surface area (Å²) in [7, 11) is 0. The van der Waals surface area contributed by atoms with E-state index in [2.05, 4.69) is 12.1 Å². The van der Waals surface area contributed by atoms with Gasteiger partial charge in [0.05, 0.1) is 0 Å². The first-order chi connectivity index (χ1) is 12.0. The van der Waals surface area contributed by atoms with Gasteiger partial charge in [0.25, 0.3) is 0 Å². The Hall–Kier alpha value is -2.17. The average Bonchev–Trinajstić information content (AvgIpc) is 2.60. The molecule has 0 aliphatic heterocycles. The minimum atomic E-state index is -1.34. The van der Waals surface area contributed by atoms with Crippen molar-refractivity contribution in [1.82, 2.24) is 0 Å². The maximum absolute atomic E-state index is 12.0. The first-order valence-corrected chi connectivity index (χ1v) is 9.94. The Morgan fingerprint density at radius 3 is 2.36 bits per heavy atom. The predicted octanol–water partition coefficient (Wildman–Crippen LogP) is 2.66. The van der Waals surface area contributed by atoms with Gasteiger partial charge in [-0.1, -0.05) is 0 Å². The molecule has 0 fully saturated rings. The van der Waals surface area contributed by atoms with E-state index in [0.29, 0.717) is 0 Å².